The number of sulfonamides is 1. The Hall–Kier alpha value is -3.90. The van der Waals surface area contributed by atoms with Crippen molar-refractivity contribution in [2.75, 3.05) is 10.8 Å². The maximum absolute atomic E-state index is 13.7. The van der Waals surface area contributed by atoms with Gasteiger partial charge in [-0.15, -0.1) is 0 Å². The monoisotopic (exact) mass is 498 g/mol. The Bertz CT molecular complexity index is 1430. The molecule has 0 bridgehead atoms. The SMILES string of the molecule is Cc1ccc([C@H](NC(=O)CN(c2ccccc2C)S(=O)(=O)c2ccc(C)cc2)c2ccccc2)cc1. The zero-order valence-electron chi connectivity index (χ0n) is 20.7. The Kier molecular flexibility index (Phi) is 7.55. The minimum atomic E-state index is -3.99. The van der Waals surface area contributed by atoms with Gasteiger partial charge in [-0.1, -0.05) is 96.1 Å². The number of para-hydroxylation sites is 1. The predicted octanol–water partition coefficient (Wildman–Crippen LogP) is 5.71. The number of amides is 1. The summed E-state index contributed by atoms with van der Waals surface area (Å²) in [6.07, 6.45) is 0. The summed E-state index contributed by atoms with van der Waals surface area (Å²) >= 11 is 0. The first-order valence-corrected chi connectivity index (χ1v) is 13.3. The number of aryl methyl sites for hydroxylation is 3. The number of hydrogen-bond donors (Lipinski definition) is 1. The molecule has 4 aromatic carbocycles. The van der Waals surface area contributed by atoms with Gasteiger partial charge in [0.05, 0.1) is 16.6 Å². The number of nitrogens with zero attached hydrogens (tertiary/aromatic N) is 1. The summed E-state index contributed by atoms with van der Waals surface area (Å²) in [4.78, 5) is 13.6. The second-order valence-electron chi connectivity index (χ2n) is 8.93. The van der Waals surface area contributed by atoms with Gasteiger partial charge in [0.15, 0.2) is 0 Å². The van der Waals surface area contributed by atoms with Crippen LogP contribution in [0.3, 0.4) is 0 Å². The number of nitrogens with one attached hydrogen (secondary N) is 1. The van der Waals surface area contributed by atoms with Crippen molar-refractivity contribution in [3.8, 4) is 0 Å². The second kappa shape index (κ2) is 10.8. The molecule has 4 rings (SSSR count). The highest BCUT2D eigenvalue weighted by atomic mass is 32.2. The Balaban J connectivity index is 1.69. The minimum absolute atomic E-state index is 0.141. The number of carbonyl (C=O) groups excluding carboxylic acids is 1. The van der Waals surface area contributed by atoms with Gasteiger partial charge in [-0.05, 0) is 55.7 Å². The van der Waals surface area contributed by atoms with Crippen molar-refractivity contribution < 1.29 is 13.2 Å². The first-order chi connectivity index (χ1) is 17.3. The standard InChI is InChI=1S/C30H30N2O3S/c1-22-13-17-26(18-14-22)30(25-10-5-4-6-11-25)31-29(33)21-32(28-12-8-7-9-24(28)3)36(34,35)27-19-15-23(2)16-20-27/h4-20,30H,21H2,1-3H3,(H,31,33)/t30-/m1/s1. The molecule has 0 aliphatic carbocycles. The van der Waals surface area contributed by atoms with Gasteiger partial charge in [-0.2, -0.15) is 0 Å². The maximum atomic E-state index is 13.7. The summed E-state index contributed by atoms with van der Waals surface area (Å²) in [5.41, 5.74) is 5.14. The molecule has 184 valence electrons. The summed E-state index contributed by atoms with van der Waals surface area (Å²) in [6.45, 7) is 5.40. The molecule has 0 aromatic heterocycles. The van der Waals surface area contributed by atoms with Gasteiger partial charge in [0.25, 0.3) is 10.0 Å². The molecule has 1 N–H and O–H groups in total. The lowest BCUT2D eigenvalue weighted by molar-refractivity contribution is -0.120. The topological polar surface area (TPSA) is 66.5 Å². The molecule has 1 atom stereocenters. The fraction of sp³-hybridized carbons (Fsp3) is 0.167. The lowest BCUT2D eigenvalue weighted by Crippen LogP contribution is -2.42. The van der Waals surface area contributed by atoms with E-state index < -0.39 is 22.0 Å². The van der Waals surface area contributed by atoms with Crippen LogP contribution in [0.4, 0.5) is 5.69 Å². The molecule has 0 radical (unpaired) electrons. The van der Waals surface area contributed by atoms with Crippen LogP contribution in [0.5, 0.6) is 0 Å². The van der Waals surface area contributed by atoms with Crippen LogP contribution < -0.4 is 9.62 Å². The molecule has 0 aliphatic rings. The van der Waals surface area contributed by atoms with Crippen molar-refractivity contribution in [1.29, 1.82) is 0 Å². The summed E-state index contributed by atoms with van der Waals surface area (Å²) in [7, 11) is -3.99. The predicted molar refractivity (Wildman–Crippen MR) is 144 cm³/mol. The van der Waals surface area contributed by atoms with E-state index in [-0.39, 0.29) is 11.4 Å². The summed E-state index contributed by atoms with van der Waals surface area (Å²) in [5, 5.41) is 3.08. The van der Waals surface area contributed by atoms with Crippen LogP contribution in [0.25, 0.3) is 0 Å². The summed E-state index contributed by atoms with van der Waals surface area (Å²) < 4.78 is 28.7. The van der Waals surface area contributed by atoms with Crippen LogP contribution in [0.15, 0.2) is 108 Å². The van der Waals surface area contributed by atoms with Crippen LogP contribution in [0.1, 0.15) is 33.9 Å². The lowest BCUT2D eigenvalue weighted by atomic mass is 9.98. The van der Waals surface area contributed by atoms with Crippen LogP contribution in [-0.4, -0.2) is 20.9 Å². The quantitative estimate of drug-likeness (QED) is 0.338. The van der Waals surface area contributed by atoms with Crippen LogP contribution in [-0.2, 0) is 14.8 Å². The molecule has 36 heavy (non-hydrogen) atoms. The number of benzene rings is 4. The van der Waals surface area contributed by atoms with Gasteiger partial charge in [-0.3, -0.25) is 9.10 Å². The highest BCUT2D eigenvalue weighted by Gasteiger charge is 2.29. The van der Waals surface area contributed by atoms with E-state index in [2.05, 4.69) is 5.32 Å². The number of anilines is 1. The van der Waals surface area contributed by atoms with Gasteiger partial charge in [0, 0.05) is 0 Å². The molecular weight excluding hydrogens is 468 g/mol. The fourth-order valence-electron chi connectivity index (χ4n) is 4.08. The largest absolute Gasteiger partial charge is 0.344 e. The van der Waals surface area contributed by atoms with Crippen LogP contribution in [0.2, 0.25) is 0 Å². The van der Waals surface area contributed by atoms with E-state index in [0.29, 0.717) is 5.69 Å². The smallest absolute Gasteiger partial charge is 0.264 e. The second-order valence-corrected chi connectivity index (χ2v) is 10.8. The van der Waals surface area contributed by atoms with Crippen molar-refractivity contribution in [3.05, 3.63) is 131 Å². The van der Waals surface area contributed by atoms with E-state index in [1.807, 2.05) is 87.5 Å². The molecule has 0 aliphatic heterocycles. The molecule has 0 fully saturated rings. The Morgan fingerprint density at radius 3 is 1.86 bits per heavy atom. The molecule has 0 saturated heterocycles. The molecule has 5 nitrogen and oxygen atoms in total. The third-order valence-electron chi connectivity index (χ3n) is 6.13. The van der Waals surface area contributed by atoms with Gasteiger partial charge in [0.2, 0.25) is 5.91 Å². The third-order valence-corrected chi connectivity index (χ3v) is 7.90. The molecule has 4 aromatic rings. The van der Waals surface area contributed by atoms with E-state index in [1.165, 1.54) is 4.31 Å². The number of rotatable bonds is 8. The van der Waals surface area contributed by atoms with E-state index >= 15 is 0 Å². The molecule has 0 spiro atoms. The fourth-order valence-corrected chi connectivity index (χ4v) is 5.57. The molecule has 0 heterocycles. The van der Waals surface area contributed by atoms with Crippen molar-refractivity contribution in [1.82, 2.24) is 5.32 Å². The van der Waals surface area contributed by atoms with Crippen molar-refractivity contribution in [2.45, 2.75) is 31.7 Å². The first-order valence-electron chi connectivity index (χ1n) is 11.8. The highest BCUT2D eigenvalue weighted by molar-refractivity contribution is 7.92. The molecule has 0 saturated carbocycles. The van der Waals surface area contributed by atoms with E-state index in [9.17, 15) is 13.2 Å². The Labute approximate surface area is 213 Å². The molecule has 0 unspecified atom stereocenters. The van der Waals surface area contributed by atoms with Gasteiger partial charge < -0.3 is 5.32 Å². The number of hydrogen-bond acceptors (Lipinski definition) is 3. The normalized spacial score (nSPS) is 12.1. The third kappa shape index (κ3) is 5.66. The lowest BCUT2D eigenvalue weighted by Gasteiger charge is -2.27. The van der Waals surface area contributed by atoms with E-state index in [0.717, 1.165) is 27.8 Å². The van der Waals surface area contributed by atoms with E-state index in [4.69, 9.17) is 0 Å². The average Bonchev–Trinajstić information content (AvgIpc) is 2.88. The Morgan fingerprint density at radius 1 is 0.722 bits per heavy atom. The van der Waals surface area contributed by atoms with Crippen molar-refractivity contribution in [2.24, 2.45) is 0 Å². The van der Waals surface area contributed by atoms with Gasteiger partial charge in [-0.25, -0.2) is 8.42 Å². The van der Waals surface area contributed by atoms with Crippen LogP contribution in [0, 0.1) is 20.8 Å². The molecule has 1 amide bonds. The zero-order chi connectivity index (χ0) is 25.7. The minimum Gasteiger partial charge on any atom is -0.344 e. The average molecular weight is 499 g/mol. The number of carbonyl (C=O) groups is 1. The Morgan fingerprint density at radius 2 is 1.25 bits per heavy atom. The van der Waals surface area contributed by atoms with Crippen LogP contribution >= 0.6 is 0 Å². The van der Waals surface area contributed by atoms with Gasteiger partial charge in [0.1, 0.15) is 6.54 Å². The molecular formula is C30H30N2O3S. The first kappa shape index (κ1) is 25.2. The summed E-state index contributed by atoms with van der Waals surface area (Å²) in [5.74, 6) is -0.400. The maximum Gasteiger partial charge on any atom is 0.264 e. The van der Waals surface area contributed by atoms with Crippen molar-refractivity contribution in [3.63, 3.8) is 0 Å². The summed E-state index contributed by atoms with van der Waals surface area (Å²) in [6, 6.07) is 31.1. The van der Waals surface area contributed by atoms with E-state index in [1.54, 1.807) is 36.4 Å². The highest BCUT2D eigenvalue weighted by Crippen LogP contribution is 2.28. The van der Waals surface area contributed by atoms with Gasteiger partial charge >= 0.3 is 0 Å². The zero-order valence-corrected chi connectivity index (χ0v) is 21.5. The molecule has 6 heteroatoms. The van der Waals surface area contributed by atoms with Crippen molar-refractivity contribution >= 4 is 21.6 Å².